The Balaban J connectivity index is 1.59. The first-order chi connectivity index (χ1) is 17.1. The smallest absolute Gasteiger partial charge is 0.416 e. The molecular weight excluding hydrogens is 513 g/mol. The van der Waals surface area contributed by atoms with Gasteiger partial charge in [0.2, 0.25) is 0 Å². The summed E-state index contributed by atoms with van der Waals surface area (Å²) >= 11 is 7.43. The van der Waals surface area contributed by atoms with Crippen molar-refractivity contribution in [2.24, 2.45) is 0 Å². The van der Waals surface area contributed by atoms with Gasteiger partial charge >= 0.3 is 6.18 Å². The average Bonchev–Trinajstić information content (AvgIpc) is 3.40. The predicted molar refractivity (Wildman–Crippen MR) is 132 cm³/mol. The van der Waals surface area contributed by atoms with E-state index in [2.05, 4.69) is 0 Å². The Morgan fingerprint density at radius 2 is 1.89 bits per heavy atom. The SMILES string of the molecule is COc1ccc2c(c1)[C@@]1(SCCN1C(=O)c1cccc(Cl)c1)C(=O)N2Cc1cccc(C(F)(F)F)c1. The van der Waals surface area contributed by atoms with Crippen LogP contribution in [0, 0.1) is 0 Å². The molecule has 36 heavy (non-hydrogen) atoms. The van der Waals surface area contributed by atoms with Gasteiger partial charge in [0.05, 0.1) is 24.9 Å². The lowest BCUT2D eigenvalue weighted by atomic mass is 10.0. The minimum Gasteiger partial charge on any atom is -0.497 e. The van der Waals surface area contributed by atoms with Gasteiger partial charge in [-0.2, -0.15) is 13.2 Å². The number of alkyl halides is 3. The van der Waals surface area contributed by atoms with Crippen LogP contribution in [-0.4, -0.2) is 36.1 Å². The number of thioether (sulfide) groups is 1. The quantitative estimate of drug-likeness (QED) is 0.416. The molecule has 1 saturated heterocycles. The first kappa shape index (κ1) is 24.5. The molecule has 1 fully saturated rings. The molecule has 0 aromatic heterocycles. The molecule has 3 aromatic carbocycles. The molecule has 0 bridgehead atoms. The van der Waals surface area contributed by atoms with Gasteiger partial charge < -0.3 is 14.5 Å². The summed E-state index contributed by atoms with van der Waals surface area (Å²) in [6, 6.07) is 16.5. The van der Waals surface area contributed by atoms with Crippen LogP contribution in [0.2, 0.25) is 5.02 Å². The zero-order chi connectivity index (χ0) is 25.7. The van der Waals surface area contributed by atoms with Crippen molar-refractivity contribution in [3.05, 3.63) is 94.0 Å². The summed E-state index contributed by atoms with van der Waals surface area (Å²) in [6.07, 6.45) is -4.50. The fraction of sp³-hybridized carbons (Fsp3) is 0.231. The Morgan fingerprint density at radius 1 is 1.11 bits per heavy atom. The third-order valence-corrected chi connectivity index (χ3v) is 7.97. The molecule has 0 N–H and O–H groups in total. The topological polar surface area (TPSA) is 49.9 Å². The molecule has 0 aliphatic carbocycles. The van der Waals surface area contributed by atoms with E-state index in [4.69, 9.17) is 16.3 Å². The Kier molecular flexibility index (Phi) is 6.16. The molecule has 2 aliphatic rings. The fourth-order valence-corrected chi connectivity index (χ4v) is 6.33. The van der Waals surface area contributed by atoms with Gasteiger partial charge in [0.25, 0.3) is 11.8 Å². The van der Waals surface area contributed by atoms with Crippen LogP contribution in [0.5, 0.6) is 5.75 Å². The number of benzene rings is 3. The maximum absolute atomic E-state index is 14.1. The van der Waals surface area contributed by atoms with E-state index in [1.807, 2.05) is 0 Å². The van der Waals surface area contributed by atoms with Crippen molar-refractivity contribution < 1.29 is 27.5 Å². The number of ether oxygens (including phenoxy) is 1. The predicted octanol–water partition coefficient (Wildman–Crippen LogP) is 5.96. The number of fused-ring (bicyclic) bond motifs is 2. The minimum absolute atomic E-state index is 0.0798. The van der Waals surface area contributed by atoms with Crippen molar-refractivity contribution in [1.82, 2.24) is 4.90 Å². The zero-order valence-corrected chi connectivity index (χ0v) is 20.6. The van der Waals surface area contributed by atoms with Crippen LogP contribution in [-0.2, 0) is 22.4 Å². The molecular formula is C26H20ClF3N2O3S. The van der Waals surface area contributed by atoms with Crippen molar-refractivity contribution >= 4 is 40.9 Å². The first-order valence-electron chi connectivity index (χ1n) is 11.0. The van der Waals surface area contributed by atoms with Crippen molar-refractivity contribution in [2.75, 3.05) is 24.3 Å². The summed E-state index contributed by atoms with van der Waals surface area (Å²) < 4.78 is 45.3. The highest BCUT2D eigenvalue weighted by Crippen LogP contribution is 2.55. The van der Waals surface area contributed by atoms with E-state index >= 15 is 0 Å². The highest BCUT2D eigenvalue weighted by molar-refractivity contribution is 8.01. The highest BCUT2D eigenvalue weighted by Gasteiger charge is 2.59. The third kappa shape index (κ3) is 4.00. The lowest BCUT2D eigenvalue weighted by molar-refractivity contribution is -0.137. The molecule has 2 aliphatic heterocycles. The second-order valence-corrected chi connectivity index (χ2v) is 10.2. The summed E-state index contributed by atoms with van der Waals surface area (Å²) in [7, 11) is 1.50. The van der Waals surface area contributed by atoms with E-state index < -0.39 is 16.6 Å². The standard InChI is InChI=1S/C26H20ClF3N2O3S/c1-35-20-8-9-22-21(14-20)25(32(10-11-36-25)23(33)17-5-3-7-19(27)13-17)24(34)31(22)15-16-4-2-6-18(12-16)26(28,29)30/h2-9,12-14H,10-11,15H2,1H3/t25-/m1/s1. The number of carbonyl (C=O) groups excluding carboxylic acids is 2. The molecule has 0 radical (unpaired) electrons. The van der Waals surface area contributed by atoms with Gasteiger partial charge in [-0.15, -0.1) is 11.8 Å². The van der Waals surface area contributed by atoms with Gasteiger partial charge in [0.1, 0.15) is 5.75 Å². The Labute approximate surface area is 214 Å². The van der Waals surface area contributed by atoms with Crippen LogP contribution in [0.3, 0.4) is 0 Å². The maximum atomic E-state index is 14.1. The molecule has 1 atom stereocenters. The van der Waals surface area contributed by atoms with Crippen molar-refractivity contribution in [2.45, 2.75) is 17.6 Å². The van der Waals surface area contributed by atoms with Crippen LogP contribution >= 0.6 is 23.4 Å². The van der Waals surface area contributed by atoms with Crippen LogP contribution in [0.25, 0.3) is 0 Å². The van der Waals surface area contributed by atoms with E-state index in [1.165, 1.54) is 34.7 Å². The van der Waals surface area contributed by atoms with E-state index in [0.717, 1.165) is 12.1 Å². The number of halogens is 4. The van der Waals surface area contributed by atoms with Crippen LogP contribution in [0.15, 0.2) is 66.7 Å². The van der Waals surface area contributed by atoms with Crippen molar-refractivity contribution in [1.29, 1.82) is 0 Å². The molecule has 0 saturated carbocycles. The molecule has 5 nitrogen and oxygen atoms in total. The number of rotatable bonds is 4. The molecule has 10 heteroatoms. The molecule has 2 amide bonds. The Morgan fingerprint density at radius 3 is 2.61 bits per heavy atom. The Hall–Kier alpha value is -3.17. The molecule has 186 valence electrons. The number of hydrogen-bond donors (Lipinski definition) is 0. The summed E-state index contributed by atoms with van der Waals surface area (Å²) in [5.74, 6) is 0.266. The monoisotopic (exact) mass is 532 g/mol. The second kappa shape index (κ2) is 9.05. The Bertz CT molecular complexity index is 1370. The molecule has 2 heterocycles. The number of anilines is 1. The van der Waals surface area contributed by atoms with Gasteiger partial charge in [-0.3, -0.25) is 9.59 Å². The second-order valence-electron chi connectivity index (χ2n) is 8.43. The van der Waals surface area contributed by atoms with E-state index in [-0.39, 0.29) is 18.4 Å². The lowest BCUT2D eigenvalue weighted by Gasteiger charge is -2.33. The largest absolute Gasteiger partial charge is 0.497 e. The average molecular weight is 533 g/mol. The van der Waals surface area contributed by atoms with Crippen LogP contribution in [0.4, 0.5) is 18.9 Å². The lowest BCUT2D eigenvalue weighted by Crippen LogP contribution is -2.50. The van der Waals surface area contributed by atoms with Crippen LogP contribution < -0.4 is 9.64 Å². The molecule has 3 aromatic rings. The molecule has 5 rings (SSSR count). The summed E-state index contributed by atoms with van der Waals surface area (Å²) in [4.78, 5) is 29.3. The number of amides is 2. The van der Waals surface area contributed by atoms with Gasteiger partial charge in [-0.25, -0.2) is 0 Å². The summed E-state index contributed by atoms with van der Waals surface area (Å²) in [5, 5.41) is 0.396. The van der Waals surface area contributed by atoms with Gasteiger partial charge in [0, 0.05) is 28.4 Å². The van der Waals surface area contributed by atoms with Crippen molar-refractivity contribution in [3.8, 4) is 5.75 Å². The maximum Gasteiger partial charge on any atom is 0.416 e. The summed E-state index contributed by atoms with van der Waals surface area (Å²) in [6.45, 7) is 0.236. The van der Waals surface area contributed by atoms with E-state index in [9.17, 15) is 22.8 Å². The number of methoxy groups -OCH3 is 1. The highest BCUT2D eigenvalue weighted by atomic mass is 35.5. The first-order valence-corrected chi connectivity index (χ1v) is 12.4. The summed E-state index contributed by atoms with van der Waals surface area (Å²) in [5.41, 5.74) is 0.975. The number of nitrogens with zero attached hydrogens (tertiary/aromatic N) is 2. The molecule has 1 spiro atoms. The normalized spacial score (nSPS) is 19.2. The van der Waals surface area contributed by atoms with E-state index in [1.54, 1.807) is 48.5 Å². The minimum atomic E-state index is -4.50. The number of hydrogen-bond acceptors (Lipinski definition) is 4. The van der Waals surface area contributed by atoms with Gasteiger partial charge in [-0.1, -0.05) is 29.8 Å². The van der Waals surface area contributed by atoms with Gasteiger partial charge in [-0.05, 0) is 54.1 Å². The van der Waals surface area contributed by atoms with E-state index in [0.29, 0.717) is 45.4 Å². The third-order valence-electron chi connectivity index (χ3n) is 6.31. The van der Waals surface area contributed by atoms with Gasteiger partial charge in [0.15, 0.2) is 4.87 Å². The number of carbonyl (C=O) groups is 2. The fourth-order valence-electron chi connectivity index (χ4n) is 4.68. The van der Waals surface area contributed by atoms with Crippen molar-refractivity contribution in [3.63, 3.8) is 0 Å². The molecule has 0 unspecified atom stereocenters. The van der Waals surface area contributed by atoms with Crippen LogP contribution in [0.1, 0.15) is 27.0 Å². The zero-order valence-electron chi connectivity index (χ0n) is 19.0.